The molecule has 1 heterocycles. The van der Waals surface area contributed by atoms with Crippen LogP contribution in [0.15, 0.2) is 35.3 Å². The number of hydrogen-bond acceptors (Lipinski definition) is 9. The van der Waals surface area contributed by atoms with E-state index in [-0.39, 0.29) is 38.2 Å². The van der Waals surface area contributed by atoms with E-state index in [0.717, 1.165) is 0 Å². The molecule has 0 radical (unpaired) electrons. The smallest absolute Gasteiger partial charge is 0.481 e. The van der Waals surface area contributed by atoms with Crippen LogP contribution in [0, 0.1) is 0 Å². The summed E-state index contributed by atoms with van der Waals surface area (Å²) in [5, 5.41) is 37.8. The van der Waals surface area contributed by atoms with Crippen LogP contribution in [0.2, 0.25) is 0 Å². The zero-order chi connectivity index (χ0) is 38.9. The van der Waals surface area contributed by atoms with E-state index in [1.165, 1.54) is 6.92 Å². The average Bonchev–Trinajstić information content (AvgIpc) is 3.02. The van der Waals surface area contributed by atoms with E-state index >= 15 is 0 Å². The molecule has 22 heteroatoms. The molecule has 0 unspecified atom stereocenters. The van der Waals surface area contributed by atoms with Gasteiger partial charge in [0.15, 0.2) is 5.96 Å². The van der Waals surface area contributed by atoms with Gasteiger partial charge in [-0.25, -0.2) is 4.79 Å². The van der Waals surface area contributed by atoms with Gasteiger partial charge in [-0.05, 0) is 31.7 Å². The molecule has 0 aliphatic carbocycles. The topological polar surface area (TPSA) is 322 Å². The number of amides is 5. The Bertz CT molecular complexity index is 1460. The minimum atomic E-state index is -5.08. The maximum absolute atomic E-state index is 13.5. The van der Waals surface area contributed by atoms with Crippen molar-refractivity contribution in [3.05, 3.63) is 35.9 Å². The molecule has 1 aliphatic heterocycles. The SMILES string of the molecule is C[C@@H]1NC(=O)[C@H](CCCN=C(N)N)NC(=O)[C@H](CCC(=O)O)NC(=O)[C@@H](Cc2ccccc2)NC(=O)[C@H](CC(=O)O)NC1=O.O=C(O)C(F)(F)F. The van der Waals surface area contributed by atoms with Crippen LogP contribution in [-0.4, -0.2) is 112 Å². The van der Waals surface area contributed by atoms with Crippen LogP contribution in [0.4, 0.5) is 13.2 Å². The van der Waals surface area contributed by atoms with Crippen molar-refractivity contribution in [3.8, 4) is 0 Å². The molecular weight excluding hydrogens is 693 g/mol. The summed E-state index contributed by atoms with van der Waals surface area (Å²) < 4.78 is 31.7. The van der Waals surface area contributed by atoms with Crippen molar-refractivity contribution in [1.29, 1.82) is 0 Å². The summed E-state index contributed by atoms with van der Waals surface area (Å²) in [5.41, 5.74) is 11.3. The van der Waals surface area contributed by atoms with E-state index in [1.807, 2.05) is 0 Å². The summed E-state index contributed by atoms with van der Waals surface area (Å²) in [4.78, 5) is 102. The Hall–Kier alpha value is -5.96. The van der Waals surface area contributed by atoms with Gasteiger partial charge in [-0.1, -0.05) is 30.3 Å². The van der Waals surface area contributed by atoms with Gasteiger partial charge in [0, 0.05) is 19.4 Å². The van der Waals surface area contributed by atoms with Gasteiger partial charge in [-0.2, -0.15) is 13.2 Å². The van der Waals surface area contributed by atoms with Crippen molar-refractivity contribution >= 4 is 53.4 Å². The van der Waals surface area contributed by atoms with Crippen LogP contribution in [0.5, 0.6) is 0 Å². The molecular formula is C29H39F3N8O11. The molecule has 0 saturated carbocycles. The van der Waals surface area contributed by atoms with Gasteiger partial charge in [-0.3, -0.25) is 38.6 Å². The van der Waals surface area contributed by atoms with Crippen molar-refractivity contribution in [2.75, 3.05) is 6.54 Å². The number of guanidine groups is 1. The molecule has 0 spiro atoms. The molecule has 5 amide bonds. The predicted octanol–water partition coefficient (Wildman–Crippen LogP) is -2.29. The lowest BCUT2D eigenvalue weighted by Crippen LogP contribution is -2.58. The largest absolute Gasteiger partial charge is 0.490 e. The lowest BCUT2D eigenvalue weighted by molar-refractivity contribution is -0.192. The highest BCUT2D eigenvalue weighted by Crippen LogP contribution is 2.13. The number of halogens is 3. The number of aliphatic carboxylic acids is 3. The second-order valence-corrected chi connectivity index (χ2v) is 10.9. The van der Waals surface area contributed by atoms with Crippen LogP contribution >= 0.6 is 0 Å². The van der Waals surface area contributed by atoms with Crippen molar-refractivity contribution in [2.45, 2.75) is 81.8 Å². The summed E-state index contributed by atoms with van der Waals surface area (Å²) in [6.07, 6.45) is -6.71. The van der Waals surface area contributed by atoms with Gasteiger partial charge in [-0.15, -0.1) is 0 Å². The summed E-state index contributed by atoms with van der Waals surface area (Å²) >= 11 is 0. The third-order valence-corrected chi connectivity index (χ3v) is 6.78. The summed E-state index contributed by atoms with van der Waals surface area (Å²) in [7, 11) is 0. The highest BCUT2D eigenvalue weighted by molar-refractivity contribution is 5.98. The number of carboxylic acid groups (broad SMARTS) is 3. The Balaban J connectivity index is 0.00000167. The van der Waals surface area contributed by atoms with E-state index in [0.29, 0.717) is 5.56 Å². The molecule has 1 saturated heterocycles. The molecule has 0 bridgehead atoms. The van der Waals surface area contributed by atoms with Crippen LogP contribution in [-0.2, 0) is 44.8 Å². The second kappa shape index (κ2) is 20.5. The zero-order valence-corrected chi connectivity index (χ0v) is 27.1. The van der Waals surface area contributed by atoms with Crippen molar-refractivity contribution in [3.63, 3.8) is 0 Å². The summed E-state index contributed by atoms with van der Waals surface area (Å²) in [5.74, 6) is -10.1. The van der Waals surface area contributed by atoms with E-state index in [1.54, 1.807) is 30.3 Å². The molecule has 0 aromatic heterocycles. The molecule has 12 N–H and O–H groups in total. The van der Waals surface area contributed by atoms with Gasteiger partial charge in [0.1, 0.15) is 30.2 Å². The Morgan fingerprint density at radius 2 is 1.20 bits per heavy atom. The van der Waals surface area contributed by atoms with Crippen molar-refractivity contribution in [1.82, 2.24) is 26.6 Å². The first kappa shape index (κ1) is 43.1. The molecule has 5 atom stereocenters. The van der Waals surface area contributed by atoms with Crippen LogP contribution < -0.4 is 38.1 Å². The number of carbonyl (C=O) groups excluding carboxylic acids is 5. The number of carboxylic acids is 3. The minimum Gasteiger partial charge on any atom is -0.481 e. The highest BCUT2D eigenvalue weighted by Gasteiger charge is 2.38. The number of nitrogens with zero attached hydrogens (tertiary/aromatic N) is 1. The Morgan fingerprint density at radius 1 is 0.725 bits per heavy atom. The van der Waals surface area contributed by atoms with Gasteiger partial charge in [0.2, 0.25) is 29.5 Å². The molecule has 1 aliphatic rings. The number of carbonyl (C=O) groups is 8. The molecule has 1 aromatic rings. The number of rotatable bonds is 11. The second-order valence-electron chi connectivity index (χ2n) is 10.9. The van der Waals surface area contributed by atoms with Crippen molar-refractivity contribution in [2.24, 2.45) is 16.5 Å². The number of nitrogens with one attached hydrogen (secondary N) is 5. The van der Waals surface area contributed by atoms with Gasteiger partial charge >= 0.3 is 24.1 Å². The van der Waals surface area contributed by atoms with Crippen LogP contribution in [0.1, 0.15) is 44.6 Å². The highest BCUT2D eigenvalue weighted by atomic mass is 19.4. The number of alkyl halides is 3. The maximum Gasteiger partial charge on any atom is 0.490 e. The first-order chi connectivity index (χ1) is 23.7. The predicted molar refractivity (Wildman–Crippen MR) is 168 cm³/mol. The quantitative estimate of drug-likeness (QED) is 0.0652. The summed E-state index contributed by atoms with van der Waals surface area (Å²) in [6.45, 7) is 1.39. The third-order valence-electron chi connectivity index (χ3n) is 6.78. The first-order valence-electron chi connectivity index (χ1n) is 15.1. The van der Waals surface area contributed by atoms with Crippen LogP contribution in [0.3, 0.4) is 0 Å². The fraction of sp³-hybridized carbons (Fsp3) is 0.483. The first-order valence-corrected chi connectivity index (χ1v) is 15.1. The molecule has 2 rings (SSSR count). The van der Waals surface area contributed by atoms with Gasteiger partial charge < -0.3 is 53.4 Å². The van der Waals surface area contributed by atoms with E-state index in [9.17, 15) is 56.9 Å². The average molecular weight is 733 g/mol. The summed E-state index contributed by atoms with van der Waals surface area (Å²) in [6, 6.07) is 1.47. The zero-order valence-electron chi connectivity index (χ0n) is 27.1. The number of aliphatic imine (C=N–C) groups is 1. The Kier molecular flexibility index (Phi) is 17.3. The van der Waals surface area contributed by atoms with Gasteiger partial charge in [0.05, 0.1) is 6.42 Å². The lowest BCUT2D eigenvalue weighted by atomic mass is 10.0. The number of hydrogen-bond donors (Lipinski definition) is 10. The normalized spacial score (nSPS) is 21.7. The Labute approximate surface area is 287 Å². The standard InChI is InChI=1S/C27H38N8O9.C2HF3O2/c1-14-22(40)34-19(13-21(38)39)26(44)35-18(12-15-6-3-2-4-7-15)25(43)33-17(9-10-20(36)37)24(42)32-16(23(41)31-14)8-5-11-30-27(28)29;3-2(4,5)1(6)7/h2-4,6-7,14,16-19H,5,8-13H2,1H3,(H,31,41)(H,32,42)(H,33,43)(H,34,40)(H,35,44)(H,36,37)(H,38,39)(H4,28,29,30);(H,6,7)/t14-,16-,17-,18+,19-;/m0./s1. The van der Waals surface area contributed by atoms with E-state index in [2.05, 4.69) is 31.6 Å². The monoisotopic (exact) mass is 732 g/mol. The Morgan fingerprint density at radius 3 is 1.71 bits per heavy atom. The van der Waals surface area contributed by atoms with E-state index < -0.39 is 96.7 Å². The van der Waals surface area contributed by atoms with E-state index in [4.69, 9.17) is 21.4 Å². The molecule has 282 valence electrons. The molecule has 1 fully saturated rings. The number of benzene rings is 1. The fourth-order valence-electron chi connectivity index (χ4n) is 4.25. The lowest BCUT2D eigenvalue weighted by Gasteiger charge is -2.25. The molecule has 19 nitrogen and oxygen atoms in total. The molecule has 51 heavy (non-hydrogen) atoms. The number of nitrogens with two attached hydrogens (primary N) is 2. The van der Waals surface area contributed by atoms with Gasteiger partial charge in [0.25, 0.3) is 0 Å². The minimum absolute atomic E-state index is 0.0133. The van der Waals surface area contributed by atoms with Crippen molar-refractivity contribution < 1.29 is 66.8 Å². The maximum atomic E-state index is 13.5. The fourth-order valence-corrected chi connectivity index (χ4v) is 4.25. The van der Waals surface area contributed by atoms with Crippen LogP contribution in [0.25, 0.3) is 0 Å². The molecule has 1 aromatic carbocycles. The third kappa shape index (κ3) is 16.8.